The van der Waals surface area contributed by atoms with Gasteiger partial charge in [0, 0.05) is 14.1 Å². The largest absolute Gasteiger partial charge is 0.480 e. The van der Waals surface area contributed by atoms with Crippen LogP contribution in [0.15, 0.2) is 6.20 Å². The highest BCUT2D eigenvalue weighted by atomic mass is 16.4. The number of aliphatic carboxylic acids is 1. The van der Waals surface area contributed by atoms with Gasteiger partial charge in [0.05, 0.1) is 6.20 Å². The van der Waals surface area contributed by atoms with Gasteiger partial charge in [-0.3, -0.25) is 9.59 Å². The molecule has 122 valence electrons. The van der Waals surface area contributed by atoms with Crippen molar-refractivity contribution in [1.29, 1.82) is 0 Å². The van der Waals surface area contributed by atoms with Crippen LogP contribution in [0.4, 0.5) is 0 Å². The summed E-state index contributed by atoms with van der Waals surface area (Å²) in [5, 5.41) is 18.8. The average molecular weight is 311 g/mol. The molecular weight excluding hydrogens is 290 g/mol. The van der Waals surface area contributed by atoms with Crippen LogP contribution in [0.3, 0.4) is 0 Å². The molecule has 0 unspecified atom stereocenters. The number of carbonyl (C=O) groups excluding carboxylic acids is 2. The lowest BCUT2D eigenvalue weighted by atomic mass is 10.0. The molecule has 1 aromatic rings. The monoisotopic (exact) mass is 311 g/mol. The van der Waals surface area contributed by atoms with E-state index in [1.807, 2.05) is 13.8 Å². The van der Waals surface area contributed by atoms with E-state index in [4.69, 9.17) is 5.11 Å². The lowest BCUT2D eigenvalue weighted by Gasteiger charge is -2.15. The van der Waals surface area contributed by atoms with Gasteiger partial charge in [-0.1, -0.05) is 19.1 Å². The van der Waals surface area contributed by atoms with E-state index in [0.29, 0.717) is 6.42 Å². The van der Waals surface area contributed by atoms with Crippen LogP contribution in [-0.4, -0.2) is 62.9 Å². The van der Waals surface area contributed by atoms with E-state index in [0.717, 1.165) is 0 Å². The summed E-state index contributed by atoms with van der Waals surface area (Å²) in [4.78, 5) is 36.0. The second kappa shape index (κ2) is 7.53. The van der Waals surface area contributed by atoms with Crippen molar-refractivity contribution in [3.8, 4) is 0 Å². The summed E-state index contributed by atoms with van der Waals surface area (Å²) in [6.45, 7) is 3.69. The van der Waals surface area contributed by atoms with Gasteiger partial charge in [-0.2, -0.15) is 0 Å². The molecule has 0 radical (unpaired) electrons. The van der Waals surface area contributed by atoms with E-state index in [-0.39, 0.29) is 24.1 Å². The lowest BCUT2D eigenvalue weighted by molar-refractivity contribution is -0.139. The minimum atomic E-state index is -1.10. The third-order valence-corrected chi connectivity index (χ3v) is 2.88. The van der Waals surface area contributed by atoms with E-state index >= 15 is 0 Å². The minimum absolute atomic E-state index is 0.0263. The van der Waals surface area contributed by atoms with E-state index in [1.54, 1.807) is 14.1 Å². The number of hydrogen-bond donors (Lipinski definition) is 2. The second-order valence-electron chi connectivity index (χ2n) is 5.58. The molecule has 1 aromatic heterocycles. The van der Waals surface area contributed by atoms with Crippen molar-refractivity contribution in [3.05, 3.63) is 11.9 Å². The summed E-state index contributed by atoms with van der Waals surface area (Å²) in [6, 6.07) is -0.985. The summed E-state index contributed by atoms with van der Waals surface area (Å²) in [6.07, 6.45) is 1.62. The Morgan fingerprint density at radius 1 is 1.36 bits per heavy atom. The molecule has 2 N–H and O–H groups in total. The molecule has 1 heterocycles. The third-order valence-electron chi connectivity index (χ3n) is 2.88. The Hall–Kier alpha value is -2.45. The molecule has 2 amide bonds. The van der Waals surface area contributed by atoms with Crippen molar-refractivity contribution in [1.82, 2.24) is 25.2 Å². The molecule has 0 aliphatic carbocycles. The maximum atomic E-state index is 12.0. The number of carboxylic acids is 1. The van der Waals surface area contributed by atoms with Gasteiger partial charge >= 0.3 is 5.97 Å². The number of carbonyl (C=O) groups is 3. The summed E-state index contributed by atoms with van der Waals surface area (Å²) in [7, 11) is 3.21. The predicted molar refractivity (Wildman–Crippen MR) is 77.1 cm³/mol. The molecule has 22 heavy (non-hydrogen) atoms. The van der Waals surface area contributed by atoms with E-state index in [9.17, 15) is 14.4 Å². The number of rotatable bonds is 7. The first kappa shape index (κ1) is 17.6. The Morgan fingerprint density at radius 2 is 2.00 bits per heavy atom. The Balaban J connectivity index is 2.71. The molecule has 0 spiro atoms. The molecule has 0 aliphatic rings. The molecule has 0 fully saturated rings. The number of carboxylic acid groups (broad SMARTS) is 1. The van der Waals surface area contributed by atoms with Crippen LogP contribution in [0.5, 0.6) is 0 Å². The van der Waals surface area contributed by atoms with Gasteiger partial charge in [-0.15, -0.1) is 5.10 Å². The quantitative estimate of drug-likeness (QED) is 0.707. The lowest BCUT2D eigenvalue weighted by Crippen LogP contribution is -2.41. The Labute approximate surface area is 128 Å². The molecular formula is C13H21N5O4. The van der Waals surface area contributed by atoms with Gasteiger partial charge in [0.2, 0.25) is 5.91 Å². The Kier molecular flexibility index (Phi) is 6.02. The Morgan fingerprint density at radius 3 is 2.50 bits per heavy atom. The highest BCUT2D eigenvalue weighted by Gasteiger charge is 2.23. The van der Waals surface area contributed by atoms with Crippen LogP contribution >= 0.6 is 0 Å². The van der Waals surface area contributed by atoms with Crippen LogP contribution in [0.2, 0.25) is 0 Å². The summed E-state index contributed by atoms with van der Waals surface area (Å²) in [5.74, 6) is -1.80. The van der Waals surface area contributed by atoms with Gasteiger partial charge in [0.25, 0.3) is 5.91 Å². The maximum absolute atomic E-state index is 12.0. The fourth-order valence-corrected chi connectivity index (χ4v) is 1.68. The minimum Gasteiger partial charge on any atom is -0.480 e. The van der Waals surface area contributed by atoms with Crippen LogP contribution in [0.1, 0.15) is 30.8 Å². The molecule has 9 nitrogen and oxygen atoms in total. The molecule has 0 saturated heterocycles. The zero-order valence-corrected chi connectivity index (χ0v) is 13.1. The molecule has 9 heteroatoms. The summed E-state index contributed by atoms with van der Waals surface area (Å²) >= 11 is 0. The van der Waals surface area contributed by atoms with Crippen molar-refractivity contribution in [2.75, 3.05) is 14.1 Å². The van der Waals surface area contributed by atoms with Crippen molar-refractivity contribution in [2.45, 2.75) is 32.9 Å². The first-order chi connectivity index (χ1) is 10.2. The van der Waals surface area contributed by atoms with Gasteiger partial charge < -0.3 is 15.3 Å². The smallest absolute Gasteiger partial charge is 0.326 e. The van der Waals surface area contributed by atoms with Crippen molar-refractivity contribution < 1.29 is 19.5 Å². The summed E-state index contributed by atoms with van der Waals surface area (Å²) in [5.41, 5.74) is -0.0263. The van der Waals surface area contributed by atoms with Crippen LogP contribution in [0, 0.1) is 5.92 Å². The predicted octanol–water partition coefficient (Wildman–Crippen LogP) is -0.405. The Bertz CT molecular complexity index is 552. The maximum Gasteiger partial charge on any atom is 0.326 e. The van der Waals surface area contributed by atoms with Gasteiger partial charge in [-0.25, -0.2) is 9.48 Å². The van der Waals surface area contributed by atoms with E-state index in [2.05, 4.69) is 15.6 Å². The highest BCUT2D eigenvalue weighted by molar-refractivity contribution is 5.94. The normalized spacial score (nSPS) is 12.0. The molecule has 1 atom stereocenters. The van der Waals surface area contributed by atoms with Gasteiger partial charge in [0.15, 0.2) is 5.69 Å². The van der Waals surface area contributed by atoms with Crippen molar-refractivity contribution in [2.24, 2.45) is 5.92 Å². The zero-order valence-electron chi connectivity index (χ0n) is 13.1. The molecule has 0 saturated carbocycles. The van der Waals surface area contributed by atoms with Crippen molar-refractivity contribution >= 4 is 17.8 Å². The summed E-state index contributed by atoms with van der Waals surface area (Å²) < 4.78 is 1.23. The standard InChI is InChI=1S/C13H21N5O4/c1-8(2)5-9(13(21)22)14-12(20)10-6-18(16-15-10)7-11(19)17(3)4/h6,8-9H,5,7H2,1-4H3,(H,14,20)(H,21,22)/t9-/m0/s1. The van der Waals surface area contributed by atoms with Gasteiger partial charge in [-0.05, 0) is 12.3 Å². The number of hydrogen-bond acceptors (Lipinski definition) is 5. The molecule has 0 aromatic carbocycles. The average Bonchev–Trinajstić information content (AvgIpc) is 2.85. The van der Waals surface area contributed by atoms with E-state index in [1.165, 1.54) is 15.8 Å². The van der Waals surface area contributed by atoms with Crippen LogP contribution < -0.4 is 5.32 Å². The first-order valence-corrected chi connectivity index (χ1v) is 6.84. The molecule has 0 bridgehead atoms. The highest BCUT2D eigenvalue weighted by Crippen LogP contribution is 2.06. The number of aromatic nitrogens is 3. The fraction of sp³-hybridized carbons (Fsp3) is 0.615. The van der Waals surface area contributed by atoms with Gasteiger partial charge in [0.1, 0.15) is 12.6 Å². The number of nitrogens with one attached hydrogen (secondary N) is 1. The fourth-order valence-electron chi connectivity index (χ4n) is 1.68. The van der Waals surface area contributed by atoms with Crippen molar-refractivity contribution in [3.63, 3.8) is 0 Å². The molecule has 0 aliphatic heterocycles. The topological polar surface area (TPSA) is 117 Å². The first-order valence-electron chi connectivity index (χ1n) is 6.84. The zero-order chi connectivity index (χ0) is 16.9. The number of nitrogens with zero attached hydrogens (tertiary/aromatic N) is 4. The van der Waals surface area contributed by atoms with E-state index < -0.39 is 17.9 Å². The SMILES string of the molecule is CC(C)C[C@H](NC(=O)c1cn(CC(=O)N(C)C)nn1)C(=O)O. The van der Waals surface area contributed by atoms with Crippen LogP contribution in [-0.2, 0) is 16.1 Å². The second-order valence-corrected chi connectivity index (χ2v) is 5.58. The third kappa shape index (κ3) is 5.15. The molecule has 1 rings (SSSR count). The number of likely N-dealkylation sites (N-methyl/N-ethyl adjacent to an activating group) is 1. The number of amides is 2. The van der Waals surface area contributed by atoms with Crippen LogP contribution in [0.25, 0.3) is 0 Å².